The van der Waals surface area contributed by atoms with Crippen LogP contribution in [0, 0.1) is 6.92 Å². The number of allylic oxidation sites excluding steroid dienone is 1. The first-order valence-corrected chi connectivity index (χ1v) is 12.9. The van der Waals surface area contributed by atoms with Gasteiger partial charge in [0.05, 0.1) is 13.2 Å². The van der Waals surface area contributed by atoms with Gasteiger partial charge < -0.3 is 14.8 Å². The first-order chi connectivity index (χ1) is 18.3. The van der Waals surface area contributed by atoms with Crippen LogP contribution in [0.5, 0.6) is 11.5 Å². The molecule has 3 amide bonds. The Kier molecular flexibility index (Phi) is 8.77. The molecule has 4 rings (SSSR count). The van der Waals surface area contributed by atoms with Crippen LogP contribution in [-0.4, -0.2) is 23.4 Å². The van der Waals surface area contributed by atoms with Crippen molar-refractivity contribution in [3.63, 3.8) is 0 Å². The number of carbonyl (C=O) groups excluding carboxylic acids is 2. The highest BCUT2D eigenvalue weighted by Crippen LogP contribution is 2.36. The molecule has 1 saturated heterocycles. The van der Waals surface area contributed by atoms with E-state index in [-0.39, 0.29) is 18.8 Å². The van der Waals surface area contributed by atoms with Crippen LogP contribution in [0.25, 0.3) is 6.08 Å². The van der Waals surface area contributed by atoms with Crippen LogP contribution in [0.4, 0.5) is 4.79 Å². The van der Waals surface area contributed by atoms with Crippen LogP contribution in [0.3, 0.4) is 0 Å². The standard InChI is InChI=1S/C30H28Cl2N2O4/c1-4-6-22-13-21(14-26-29(35)34(30(36)33-26)17-20-9-7-19(3)8-10-20)15-27(37-5-2)28(22)38-18-23-11-12-24(31)16-25(23)32/h4,7-16H,1,5-6,17-18H2,2-3H3,(H,33,36)/b26-14+. The molecule has 1 aliphatic rings. The van der Waals surface area contributed by atoms with Crippen LogP contribution < -0.4 is 14.8 Å². The number of rotatable bonds is 10. The molecule has 0 radical (unpaired) electrons. The number of imide groups is 1. The number of carbonyl (C=O) groups is 2. The Labute approximate surface area is 232 Å². The quantitative estimate of drug-likeness (QED) is 0.166. The van der Waals surface area contributed by atoms with E-state index in [1.807, 2.05) is 50.2 Å². The maximum atomic E-state index is 13.1. The first-order valence-electron chi connectivity index (χ1n) is 12.2. The van der Waals surface area contributed by atoms with Gasteiger partial charge in [-0.15, -0.1) is 6.58 Å². The van der Waals surface area contributed by atoms with Crippen molar-refractivity contribution in [2.75, 3.05) is 6.61 Å². The minimum atomic E-state index is -0.460. The summed E-state index contributed by atoms with van der Waals surface area (Å²) in [6, 6.07) is 16.2. The topological polar surface area (TPSA) is 67.9 Å². The summed E-state index contributed by atoms with van der Waals surface area (Å²) in [7, 11) is 0. The summed E-state index contributed by atoms with van der Waals surface area (Å²) in [5.74, 6) is 0.677. The Hall–Kier alpha value is -3.74. The van der Waals surface area contributed by atoms with Crippen molar-refractivity contribution < 1.29 is 19.1 Å². The van der Waals surface area contributed by atoms with Crippen LogP contribution in [0.1, 0.15) is 34.7 Å². The average molecular weight is 551 g/mol. The molecule has 1 fully saturated rings. The van der Waals surface area contributed by atoms with Gasteiger partial charge in [0.15, 0.2) is 11.5 Å². The van der Waals surface area contributed by atoms with E-state index in [1.165, 1.54) is 4.90 Å². The summed E-state index contributed by atoms with van der Waals surface area (Å²) in [4.78, 5) is 26.9. The van der Waals surface area contributed by atoms with Gasteiger partial charge in [-0.2, -0.15) is 0 Å². The molecule has 1 N–H and O–H groups in total. The smallest absolute Gasteiger partial charge is 0.329 e. The molecule has 0 spiro atoms. The van der Waals surface area contributed by atoms with E-state index in [0.717, 1.165) is 22.3 Å². The van der Waals surface area contributed by atoms with Crippen molar-refractivity contribution in [2.45, 2.75) is 33.4 Å². The minimum absolute atomic E-state index is 0.189. The number of aryl methyl sites for hydroxylation is 1. The van der Waals surface area contributed by atoms with E-state index < -0.39 is 11.9 Å². The second kappa shape index (κ2) is 12.2. The van der Waals surface area contributed by atoms with Gasteiger partial charge in [-0.3, -0.25) is 9.69 Å². The Morgan fingerprint density at radius 1 is 1.00 bits per heavy atom. The van der Waals surface area contributed by atoms with Crippen LogP contribution in [0.2, 0.25) is 10.0 Å². The molecule has 0 aliphatic carbocycles. The molecule has 6 nitrogen and oxygen atoms in total. The summed E-state index contributed by atoms with van der Waals surface area (Å²) in [5, 5.41) is 3.74. The lowest BCUT2D eigenvalue weighted by atomic mass is 10.0. The van der Waals surface area contributed by atoms with Crippen LogP contribution >= 0.6 is 23.2 Å². The lowest BCUT2D eigenvalue weighted by Gasteiger charge is -2.17. The molecule has 1 aliphatic heterocycles. The van der Waals surface area contributed by atoms with Gasteiger partial charge in [0, 0.05) is 21.2 Å². The maximum absolute atomic E-state index is 13.1. The van der Waals surface area contributed by atoms with E-state index >= 15 is 0 Å². The minimum Gasteiger partial charge on any atom is -0.490 e. The third-order valence-electron chi connectivity index (χ3n) is 5.94. The highest BCUT2D eigenvalue weighted by Gasteiger charge is 2.33. The molecule has 3 aromatic rings. The fourth-order valence-electron chi connectivity index (χ4n) is 4.05. The van der Waals surface area contributed by atoms with Crippen LogP contribution in [0.15, 0.2) is 72.9 Å². The second-order valence-corrected chi connectivity index (χ2v) is 9.67. The molecule has 3 aromatic carbocycles. The summed E-state index contributed by atoms with van der Waals surface area (Å²) >= 11 is 12.3. The van der Waals surface area contributed by atoms with Crippen molar-refractivity contribution in [2.24, 2.45) is 0 Å². The Morgan fingerprint density at radius 2 is 1.76 bits per heavy atom. The Balaban J connectivity index is 1.61. The largest absolute Gasteiger partial charge is 0.490 e. The van der Waals surface area contributed by atoms with Gasteiger partial charge in [0.25, 0.3) is 5.91 Å². The molecule has 0 aromatic heterocycles. The zero-order valence-electron chi connectivity index (χ0n) is 21.2. The Morgan fingerprint density at radius 3 is 2.45 bits per heavy atom. The third kappa shape index (κ3) is 6.39. The molecule has 196 valence electrons. The fourth-order valence-corrected chi connectivity index (χ4v) is 4.51. The summed E-state index contributed by atoms with van der Waals surface area (Å²) < 4.78 is 12.1. The molecule has 0 unspecified atom stereocenters. The summed E-state index contributed by atoms with van der Waals surface area (Å²) in [6.45, 7) is 8.53. The fraction of sp³-hybridized carbons (Fsp3) is 0.200. The van der Waals surface area contributed by atoms with Crippen molar-refractivity contribution in [3.8, 4) is 11.5 Å². The van der Waals surface area contributed by atoms with Crippen LogP contribution in [-0.2, 0) is 24.4 Å². The molecule has 0 saturated carbocycles. The zero-order chi connectivity index (χ0) is 27.2. The second-order valence-electron chi connectivity index (χ2n) is 8.82. The van der Waals surface area contributed by atoms with Crippen molar-refractivity contribution >= 4 is 41.2 Å². The lowest BCUT2D eigenvalue weighted by molar-refractivity contribution is -0.123. The monoisotopic (exact) mass is 550 g/mol. The molecule has 1 heterocycles. The van der Waals surface area contributed by atoms with Gasteiger partial charge in [0.2, 0.25) is 0 Å². The van der Waals surface area contributed by atoms with E-state index in [1.54, 1.807) is 30.4 Å². The Bertz CT molecular complexity index is 1400. The van der Waals surface area contributed by atoms with E-state index in [0.29, 0.717) is 40.1 Å². The first kappa shape index (κ1) is 27.3. The number of ether oxygens (including phenoxy) is 2. The highest BCUT2D eigenvalue weighted by atomic mass is 35.5. The van der Waals surface area contributed by atoms with Crippen molar-refractivity contribution in [1.29, 1.82) is 0 Å². The maximum Gasteiger partial charge on any atom is 0.329 e. The van der Waals surface area contributed by atoms with Gasteiger partial charge in [0.1, 0.15) is 12.3 Å². The number of hydrogen-bond acceptors (Lipinski definition) is 4. The van der Waals surface area contributed by atoms with E-state index in [4.69, 9.17) is 32.7 Å². The molecular formula is C30H28Cl2N2O4. The molecule has 8 heteroatoms. The zero-order valence-corrected chi connectivity index (χ0v) is 22.7. The third-order valence-corrected chi connectivity index (χ3v) is 6.53. The number of nitrogens with one attached hydrogen (secondary N) is 1. The summed E-state index contributed by atoms with van der Waals surface area (Å²) in [6.07, 6.45) is 3.90. The van der Waals surface area contributed by atoms with Crippen molar-refractivity contribution in [3.05, 3.63) is 111 Å². The van der Waals surface area contributed by atoms with E-state index in [2.05, 4.69) is 11.9 Å². The van der Waals surface area contributed by atoms with Gasteiger partial charge >= 0.3 is 6.03 Å². The average Bonchev–Trinajstić information content (AvgIpc) is 3.13. The van der Waals surface area contributed by atoms with Gasteiger partial charge in [-0.1, -0.05) is 65.2 Å². The van der Waals surface area contributed by atoms with Crippen molar-refractivity contribution in [1.82, 2.24) is 10.2 Å². The number of hydrogen-bond donors (Lipinski definition) is 1. The SMILES string of the molecule is C=CCc1cc(/C=C2/NC(=O)N(Cc3ccc(C)cc3)C2=O)cc(OCC)c1OCc1ccc(Cl)cc1Cl. The molecule has 0 bridgehead atoms. The van der Waals surface area contributed by atoms with Gasteiger partial charge in [-0.25, -0.2) is 4.79 Å². The van der Waals surface area contributed by atoms with E-state index in [9.17, 15) is 9.59 Å². The number of benzene rings is 3. The molecular weight excluding hydrogens is 523 g/mol. The predicted molar refractivity (Wildman–Crippen MR) is 151 cm³/mol. The van der Waals surface area contributed by atoms with Gasteiger partial charge in [-0.05, 0) is 61.7 Å². The summed E-state index contributed by atoms with van der Waals surface area (Å²) in [5.41, 5.74) is 4.45. The molecule has 38 heavy (non-hydrogen) atoms. The lowest BCUT2D eigenvalue weighted by Crippen LogP contribution is -2.30. The highest BCUT2D eigenvalue weighted by molar-refractivity contribution is 6.35. The molecule has 0 atom stereocenters. The number of urea groups is 1. The normalized spacial score (nSPS) is 14.1. The number of nitrogens with zero attached hydrogens (tertiary/aromatic N) is 1. The predicted octanol–water partition coefficient (Wildman–Crippen LogP) is 7.10. The number of amides is 3. The number of halogens is 2.